The topological polar surface area (TPSA) is 50.9 Å². The molecule has 1 atom stereocenters. The zero-order chi connectivity index (χ0) is 9.26. The Balaban J connectivity index is 2.12. The Labute approximate surface area is 77.6 Å². The van der Waals surface area contributed by atoms with E-state index in [0.29, 0.717) is 5.92 Å². The molecule has 1 N–H and O–H groups in total. The molecule has 4 heteroatoms. The predicted octanol–water partition coefficient (Wildman–Crippen LogP) is 1.13. The van der Waals surface area contributed by atoms with Crippen molar-refractivity contribution < 1.29 is 5.11 Å². The van der Waals surface area contributed by atoms with E-state index >= 15 is 0 Å². The number of nitrogens with zero attached hydrogens (tertiary/aromatic N) is 3. The Morgan fingerprint density at radius 3 is 3.08 bits per heavy atom. The molecule has 0 bridgehead atoms. The summed E-state index contributed by atoms with van der Waals surface area (Å²) in [5, 5.41) is 17.6. The van der Waals surface area contributed by atoms with Crippen molar-refractivity contribution in [3.05, 3.63) is 11.9 Å². The van der Waals surface area contributed by atoms with Gasteiger partial charge in [-0.05, 0) is 25.2 Å². The molecule has 1 aliphatic rings. The second-order valence-electron chi connectivity index (χ2n) is 3.66. The summed E-state index contributed by atoms with van der Waals surface area (Å²) >= 11 is 0. The van der Waals surface area contributed by atoms with Gasteiger partial charge in [-0.3, -0.25) is 0 Å². The highest BCUT2D eigenvalue weighted by atomic mass is 16.3. The molecule has 72 valence electrons. The summed E-state index contributed by atoms with van der Waals surface area (Å²) in [6.07, 6.45) is 4.63. The third-order valence-electron chi connectivity index (χ3n) is 2.45. The fourth-order valence-electron chi connectivity index (χ4n) is 1.53. The summed E-state index contributed by atoms with van der Waals surface area (Å²) in [5.41, 5.74) is 0.879. The summed E-state index contributed by atoms with van der Waals surface area (Å²) in [4.78, 5) is 0. The van der Waals surface area contributed by atoms with E-state index in [1.54, 1.807) is 6.20 Å². The summed E-state index contributed by atoms with van der Waals surface area (Å²) in [5.74, 6) is 0.453. The first-order chi connectivity index (χ1) is 6.33. The van der Waals surface area contributed by atoms with E-state index in [1.165, 1.54) is 0 Å². The van der Waals surface area contributed by atoms with E-state index in [1.807, 2.05) is 4.68 Å². The maximum atomic E-state index is 9.86. The van der Waals surface area contributed by atoms with Gasteiger partial charge in [-0.2, -0.15) is 0 Å². The van der Waals surface area contributed by atoms with Crippen molar-refractivity contribution >= 4 is 0 Å². The van der Waals surface area contributed by atoms with Crippen molar-refractivity contribution in [1.82, 2.24) is 15.0 Å². The molecule has 1 heterocycles. The van der Waals surface area contributed by atoms with Crippen LogP contribution >= 0.6 is 0 Å². The van der Waals surface area contributed by atoms with Gasteiger partial charge < -0.3 is 5.11 Å². The third-order valence-corrected chi connectivity index (χ3v) is 2.45. The smallest absolute Gasteiger partial charge is 0.100 e. The lowest BCUT2D eigenvalue weighted by Crippen LogP contribution is -2.10. The molecule has 2 rings (SSSR count). The van der Waals surface area contributed by atoms with Crippen LogP contribution in [0.2, 0.25) is 0 Å². The predicted molar refractivity (Wildman–Crippen MR) is 48.0 cm³/mol. The Bertz CT molecular complexity index is 280. The highest BCUT2D eigenvalue weighted by Gasteiger charge is 2.32. The quantitative estimate of drug-likeness (QED) is 0.757. The van der Waals surface area contributed by atoms with E-state index in [0.717, 1.165) is 31.5 Å². The Morgan fingerprint density at radius 2 is 2.46 bits per heavy atom. The van der Waals surface area contributed by atoms with Crippen molar-refractivity contribution in [1.29, 1.82) is 0 Å². The van der Waals surface area contributed by atoms with Gasteiger partial charge in [0.25, 0.3) is 0 Å². The Hall–Kier alpha value is -0.900. The number of aliphatic hydroxyl groups is 1. The summed E-state index contributed by atoms with van der Waals surface area (Å²) in [7, 11) is 0. The molecule has 1 aliphatic carbocycles. The minimum atomic E-state index is -0.346. The SMILES string of the molecule is CCCn1nncc1C(O)C1CC1. The van der Waals surface area contributed by atoms with Gasteiger partial charge in [0.05, 0.1) is 11.9 Å². The standard InChI is InChI=1S/C9H15N3O/c1-2-5-12-8(6-10-11-12)9(13)7-3-4-7/h6-7,9,13H,2-5H2,1H3. The van der Waals surface area contributed by atoms with Gasteiger partial charge in [0.1, 0.15) is 6.10 Å². The molecule has 13 heavy (non-hydrogen) atoms. The lowest BCUT2D eigenvalue weighted by Gasteiger charge is -2.09. The summed E-state index contributed by atoms with van der Waals surface area (Å²) < 4.78 is 1.81. The summed E-state index contributed by atoms with van der Waals surface area (Å²) in [6, 6.07) is 0. The number of aryl methyl sites for hydroxylation is 1. The van der Waals surface area contributed by atoms with E-state index < -0.39 is 0 Å². The zero-order valence-electron chi connectivity index (χ0n) is 7.85. The van der Waals surface area contributed by atoms with Crippen molar-refractivity contribution in [2.75, 3.05) is 0 Å². The maximum Gasteiger partial charge on any atom is 0.100 e. The number of rotatable bonds is 4. The van der Waals surface area contributed by atoms with Gasteiger partial charge in [-0.25, -0.2) is 4.68 Å². The molecule has 1 unspecified atom stereocenters. The fraction of sp³-hybridized carbons (Fsp3) is 0.778. The third kappa shape index (κ3) is 1.72. The average Bonchev–Trinajstić information content (AvgIpc) is 2.87. The zero-order valence-corrected chi connectivity index (χ0v) is 7.85. The average molecular weight is 181 g/mol. The van der Waals surface area contributed by atoms with Crippen LogP contribution in [0.5, 0.6) is 0 Å². The molecular formula is C9H15N3O. The van der Waals surface area contributed by atoms with Crippen LogP contribution in [0.3, 0.4) is 0 Å². The molecule has 1 saturated carbocycles. The van der Waals surface area contributed by atoms with Crippen molar-refractivity contribution in [3.63, 3.8) is 0 Å². The minimum Gasteiger partial charge on any atom is -0.386 e. The molecule has 0 aromatic carbocycles. The molecule has 0 saturated heterocycles. The van der Waals surface area contributed by atoms with Gasteiger partial charge in [0, 0.05) is 6.54 Å². The molecule has 1 fully saturated rings. The minimum absolute atomic E-state index is 0.346. The molecule has 0 aliphatic heterocycles. The molecule has 4 nitrogen and oxygen atoms in total. The van der Waals surface area contributed by atoms with Crippen LogP contribution < -0.4 is 0 Å². The van der Waals surface area contributed by atoms with E-state index in [4.69, 9.17) is 0 Å². The van der Waals surface area contributed by atoms with Gasteiger partial charge >= 0.3 is 0 Å². The van der Waals surface area contributed by atoms with Crippen LogP contribution in [0.25, 0.3) is 0 Å². The number of aliphatic hydroxyl groups excluding tert-OH is 1. The number of aromatic nitrogens is 3. The highest BCUT2D eigenvalue weighted by Crippen LogP contribution is 2.40. The maximum absolute atomic E-state index is 9.86. The first-order valence-corrected chi connectivity index (χ1v) is 4.89. The highest BCUT2D eigenvalue weighted by molar-refractivity contribution is 5.04. The molecule has 0 amide bonds. The van der Waals surface area contributed by atoms with Crippen LogP contribution in [-0.2, 0) is 6.54 Å². The van der Waals surface area contributed by atoms with E-state index in [-0.39, 0.29) is 6.10 Å². The van der Waals surface area contributed by atoms with Crippen LogP contribution in [0.1, 0.15) is 38.0 Å². The van der Waals surface area contributed by atoms with Crippen LogP contribution in [0.15, 0.2) is 6.20 Å². The van der Waals surface area contributed by atoms with Crippen molar-refractivity contribution in [2.24, 2.45) is 5.92 Å². The van der Waals surface area contributed by atoms with E-state index in [9.17, 15) is 5.11 Å². The lowest BCUT2D eigenvalue weighted by molar-refractivity contribution is 0.142. The van der Waals surface area contributed by atoms with Crippen molar-refractivity contribution in [3.8, 4) is 0 Å². The largest absolute Gasteiger partial charge is 0.386 e. The normalized spacial score (nSPS) is 18.9. The fourth-order valence-corrected chi connectivity index (χ4v) is 1.53. The Morgan fingerprint density at radius 1 is 1.69 bits per heavy atom. The van der Waals surface area contributed by atoms with Crippen molar-refractivity contribution in [2.45, 2.75) is 38.8 Å². The van der Waals surface area contributed by atoms with Crippen LogP contribution in [-0.4, -0.2) is 20.1 Å². The Kier molecular flexibility index (Phi) is 2.31. The summed E-state index contributed by atoms with van der Waals surface area (Å²) in [6.45, 7) is 2.94. The van der Waals surface area contributed by atoms with Gasteiger partial charge in [0.15, 0.2) is 0 Å². The van der Waals surface area contributed by atoms with Gasteiger partial charge in [0.2, 0.25) is 0 Å². The van der Waals surface area contributed by atoms with Crippen LogP contribution in [0.4, 0.5) is 0 Å². The number of hydrogen-bond donors (Lipinski definition) is 1. The van der Waals surface area contributed by atoms with Gasteiger partial charge in [-0.15, -0.1) is 5.10 Å². The van der Waals surface area contributed by atoms with Crippen LogP contribution in [0, 0.1) is 5.92 Å². The monoisotopic (exact) mass is 181 g/mol. The number of hydrogen-bond acceptors (Lipinski definition) is 3. The first-order valence-electron chi connectivity index (χ1n) is 4.89. The lowest BCUT2D eigenvalue weighted by atomic mass is 10.2. The molecule has 1 aromatic heterocycles. The first kappa shape index (κ1) is 8.69. The molecule has 0 radical (unpaired) electrons. The second-order valence-corrected chi connectivity index (χ2v) is 3.66. The van der Waals surface area contributed by atoms with Gasteiger partial charge in [-0.1, -0.05) is 12.1 Å². The molecule has 0 spiro atoms. The van der Waals surface area contributed by atoms with E-state index in [2.05, 4.69) is 17.2 Å². The molecular weight excluding hydrogens is 166 g/mol. The molecule has 1 aromatic rings. The second kappa shape index (κ2) is 3.46.